The fraction of sp³-hybridized carbons (Fsp3) is 0.0667. The van der Waals surface area contributed by atoms with Gasteiger partial charge in [-0.15, -0.1) is 0 Å². The molecule has 0 spiro atoms. The van der Waals surface area contributed by atoms with Gasteiger partial charge in [0.1, 0.15) is 5.82 Å². The number of nitrogens with zero attached hydrogens (tertiary/aromatic N) is 2. The summed E-state index contributed by atoms with van der Waals surface area (Å²) < 4.78 is 1.88. The molecule has 0 radical (unpaired) electrons. The number of hydrogen-bond acceptors (Lipinski definition) is 2. The van der Waals surface area contributed by atoms with Gasteiger partial charge in [-0.1, -0.05) is 23.7 Å². The molecule has 2 heterocycles. The van der Waals surface area contributed by atoms with E-state index in [1.807, 2.05) is 48.0 Å². The number of imidazole rings is 1. The highest BCUT2D eigenvalue weighted by Gasteiger charge is 2.08. The molecule has 5 heteroatoms. The van der Waals surface area contributed by atoms with Crippen molar-refractivity contribution in [2.45, 2.75) is 6.92 Å². The first kappa shape index (κ1) is 12.7. The second-order valence-corrected chi connectivity index (χ2v) is 4.90. The summed E-state index contributed by atoms with van der Waals surface area (Å²) in [5.74, 6) is 0.811. The van der Waals surface area contributed by atoms with Crippen molar-refractivity contribution in [2.24, 2.45) is 0 Å². The zero-order valence-electron chi connectivity index (χ0n) is 10.8. The van der Waals surface area contributed by atoms with Gasteiger partial charge in [-0.05, 0) is 25.1 Å². The van der Waals surface area contributed by atoms with Crippen LogP contribution >= 0.6 is 11.6 Å². The van der Waals surface area contributed by atoms with E-state index in [4.69, 9.17) is 11.6 Å². The van der Waals surface area contributed by atoms with Crippen LogP contribution in [0.15, 0.2) is 53.6 Å². The predicted molar refractivity (Wildman–Crippen MR) is 79.4 cm³/mol. The fourth-order valence-corrected chi connectivity index (χ4v) is 2.29. The summed E-state index contributed by atoms with van der Waals surface area (Å²) in [5.41, 5.74) is 2.42. The number of halogens is 1. The van der Waals surface area contributed by atoms with E-state index in [-0.39, 0.29) is 5.56 Å². The third kappa shape index (κ3) is 2.38. The van der Waals surface area contributed by atoms with Gasteiger partial charge in [0.25, 0.3) is 0 Å². The Hall–Kier alpha value is -2.33. The normalized spacial score (nSPS) is 10.7. The molecule has 0 saturated carbocycles. The van der Waals surface area contributed by atoms with Crippen molar-refractivity contribution in [3.8, 4) is 16.9 Å². The molecule has 3 aromatic rings. The van der Waals surface area contributed by atoms with Gasteiger partial charge in [0.05, 0.1) is 11.4 Å². The minimum absolute atomic E-state index is 0.139. The van der Waals surface area contributed by atoms with Crippen molar-refractivity contribution in [1.29, 1.82) is 0 Å². The second-order valence-electron chi connectivity index (χ2n) is 4.46. The number of aryl methyl sites for hydroxylation is 1. The number of hydrogen-bond donors (Lipinski definition) is 1. The third-order valence-corrected chi connectivity index (χ3v) is 3.27. The smallest absolute Gasteiger partial charge is 0.250 e. The standard InChI is InChI=1S/C15H12ClN3O/c1-10-18-14(11-3-2-4-12(16)7-11)9-19(10)13-5-6-17-15(20)8-13/h2-9H,1H3,(H,17,20). The van der Waals surface area contributed by atoms with Crippen LogP contribution in [0.5, 0.6) is 0 Å². The van der Waals surface area contributed by atoms with E-state index in [9.17, 15) is 4.79 Å². The Balaban J connectivity index is 2.10. The number of pyridine rings is 1. The average Bonchev–Trinajstić information content (AvgIpc) is 2.81. The van der Waals surface area contributed by atoms with E-state index in [1.165, 1.54) is 6.07 Å². The lowest BCUT2D eigenvalue weighted by molar-refractivity contribution is 0.966. The maximum Gasteiger partial charge on any atom is 0.250 e. The van der Waals surface area contributed by atoms with Crippen LogP contribution < -0.4 is 5.56 Å². The SMILES string of the molecule is Cc1nc(-c2cccc(Cl)c2)cn1-c1cc[nH]c(=O)c1. The van der Waals surface area contributed by atoms with Crippen molar-refractivity contribution in [1.82, 2.24) is 14.5 Å². The van der Waals surface area contributed by atoms with E-state index in [2.05, 4.69) is 9.97 Å². The van der Waals surface area contributed by atoms with Gasteiger partial charge in [0, 0.05) is 29.0 Å². The summed E-state index contributed by atoms with van der Waals surface area (Å²) >= 11 is 6.00. The van der Waals surface area contributed by atoms with Crippen molar-refractivity contribution >= 4 is 11.6 Å². The van der Waals surface area contributed by atoms with E-state index in [0.717, 1.165) is 22.8 Å². The van der Waals surface area contributed by atoms with Gasteiger partial charge in [0.15, 0.2) is 0 Å². The summed E-state index contributed by atoms with van der Waals surface area (Å²) in [6.07, 6.45) is 3.52. The van der Waals surface area contributed by atoms with Crippen LogP contribution in [0.25, 0.3) is 16.9 Å². The number of benzene rings is 1. The first-order valence-corrected chi connectivity index (χ1v) is 6.52. The van der Waals surface area contributed by atoms with Crippen LogP contribution in [0, 0.1) is 6.92 Å². The fourth-order valence-electron chi connectivity index (χ4n) is 2.10. The number of rotatable bonds is 2. The molecule has 1 N–H and O–H groups in total. The quantitative estimate of drug-likeness (QED) is 0.786. The molecule has 0 aliphatic heterocycles. The highest BCUT2D eigenvalue weighted by molar-refractivity contribution is 6.30. The zero-order valence-corrected chi connectivity index (χ0v) is 11.6. The summed E-state index contributed by atoms with van der Waals surface area (Å²) in [6, 6.07) is 10.9. The Labute approximate surface area is 120 Å². The molecular weight excluding hydrogens is 274 g/mol. The van der Waals surface area contributed by atoms with E-state index in [0.29, 0.717) is 5.02 Å². The lowest BCUT2D eigenvalue weighted by Crippen LogP contribution is -2.06. The van der Waals surface area contributed by atoms with Crippen molar-refractivity contribution < 1.29 is 0 Å². The van der Waals surface area contributed by atoms with Crippen LogP contribution in [0.1, 0.15) is 5.82 Å². The first-order valence-electron chi connectivity index (χ1n) is 6.14. The van der Waals surface area contributed by atoms with Gasteiger partial charge < -0.3 is 9.55 Å². The van der Waals surface area contributed by atoms with E-state index < -0.39 is 0 Å². The maximum atomic E-state index is 11.4. The van der Waals surface area contributed by atoms with Crippen LogP contribution in [0.3, 0.4) is 0 Å². The Bertz CT molecular complexity index is 820. The van der Waals surface area contributed by atoms with Crippen LogP contribution in [0.4, 0.5) is 0 Å². The summed E-state index contributed by atoms with van der Waals surface area (Å²) in [4.78, 5) is 18.5. The highest BCUT2D eigenvalue weighted by Crippen LogP contribution is 2.23. The molecule has 0 fully saturated rings. The lowest BCUT2D eigenvalue weighted by Gasteiger charge is -2.02. The Kier molecular flexibility index (Phi) is 3.16. The molecule has 4 nitrogen and oxygen atoms in total. The molecule has 0 aliphatic carbocycles. The van der Waals surface area contributed by atoms with Crippen LogP contribution in [0.2, 0.25) is 5.02 Å². The Morgan fingerprint density at radius 1 is 1.25 bits per heavy atom. The first-order chi connectivity index (χ1) is 9.63. The largest absolute Gasteiger partial charge is 0.329 e. The zero-order chi connectivity index (χ0) is 14.1. The second kappa shape index (κ2) is 4.98. The topological polar surface area (TPSA) is 50.7 Å². The molecule has 0 bridgehead atoms. The van der Waals surface area contributed by atoms with Crippen molar-refractivity contribution in [2.75, 3.05) is 0 Å². The minimum atomic E-state index is -0.139. The summed E-state index contributed by atoms with van der Waals surface area (Å²) in [5, 5.41) is 0.672. The molecule has 1 aromatic carbocycles. The Morgan fingerprint density at radius 2 is 2.10 bits per heavy atom. The highest BCUT2D eigenvalue weighted by atomic mass is 35.5. The molecule has 2 aromatic heterocycles. The molecule has 0 aliphatic rings. The van der Waals surface area contributed by atoms with Crippen molar-refractivity contribution in [3.05, 3.63) is 70.0 Å². The number of aromatic nitrogens is 3. The summed E-state index contributed by atoms with van der Waals surface area (Å²) in [6.45, 7) is 1.90. The average molecular weight is 286 g/mol. The van der Waals surface area contributed by atoms with Gasteiger partial charge in [0.2, 0.25) is 5.56 Å². The van der Waals surface area contributed by atoms with Crippen LogP contribution in [-0.2, 0) is 0 Å². The monoisotopic (exact) mass is 285 g/mol. The molecule has 100 valence electrons. The Morgan fingerprint density at radius 3 is 2.85 bits per heavy atom. The van der Waals surface area contributed by atoms with Gasteiger partial charge in [-0.3, -0.25) is 4.79 Å². The maximum absolute atomic E-state index is 11.4. The molecule has 3 rings (SSSR count). The predicted octanol–water partition coefficient (Wildman–Crippen LogP) is 3.19. The molecule has 0 saturated heterocycles. The van der Waals surface area contributed by atoms with Gasteiger partial charge in [-0.25, -0.2) is 4.98 Å². The summed E-state index contributed by atoms with van der Waals surface area (Å²) in [7, 11) is 0. The van der Waals surface area contributed by atoms with E-state index >= 15 is 0 Å². The van der Waals surface area contributed by atoms with E-state index in [1.54, 1.807) is 6.20 Å². The molecule has 0 atom stereocenters. The molecular formula is C15H12ClN3O. The number of H-pyrrole nitrogens is 1. The molecule has 0 unspecified atom stereocenters. The number of aromatic amines is 1. The van der Waals surface area contributed by atoms with Gasteiger partial charge in [-0.2, -0.15) is 0 Å². The van der Waals surface area contributed by atoms with Crippen LogP contribution in [-0.4, -0.2) is 14.5 Å². The number of nitrogens with one attached hydrogen (secondary N) is 1. The minimum Gasteiger partial charge on any atom is -0.329 e. The molecule has 20 heavy (non-hydrogen) atoms. The lowest BCUT2D eigenvalue weighted by atomic mass is 10.2. The third-order valence-electron chi connectivity index (χ3n) is 3.04. The van der Waals surface area contributed by atoms with Gasteiger partial charge >= 0.3 is 0 Å². The molecule has 0 amide bonds. The van der Waals surface area contributed by atoms with Crippen molar-refractivity contribution in [3.63, 3.8) is 0 Å².